The highest BCUT2D eigenvalue weighted by molar-refractivity contribution is 6.08. The van der Waals surface area contributed by atoms with Crippen LogP contribution >= 0.6 is 0 Å². The van der Waals surface area contributed by atoms with E-state index in [9.17, 15) is 14.7 Å². The van der Waals surface area contributed by atoms with Crippen molar-refractivity contribution >= 4 is 22.7 Å². The molecule has 2 aromatic rings. The zero-order chi connectivity index (χ0) is 13.6. The Balaban J connectivity index is 2.22. The maximum atomic E-state index is 11.9. The topological polar surface area (TPSA) is 83.8 Å². The Morgan fingerprint density at radius 3 is 2.74 bits per heavy atom. The quantitative estimate of drug-likeness (QED) is 0.807. The van der Waals surface area contributed by atoms with Gasteiger partial charge in [-0.15, -0.1) is 0 Å². The van der Waals surface area contributed by atoms with Crippen molar-refractivity contribution in [3.63, 3.8) is 0 Å². The van der Waals surface area contributed by atoms with Gasteiger partial charge in [0.2, 0.25) is 0 Å². The SMILES string of the molecule is O=C(O)CC1OC(=O)c2c1ccc1ccc(O)cc21. The van der Waals surface area contributed by atoms with Crippen molar-refractivity contribution in [2.45, 2.75) is 12.5 Å². The second-order valence-electron chi connectivity index (χ2n) is 4.43. The molecule has 0 saturated carbocycles. The number of aliphatic carboxylic acids is 1. The van der Waals surface area contributed by atoms with Crippen molar-refractivity contribution < 1.29 is 24.5 Å². The summed E-state index contributed by atoms with van der Waals surface area (Å²) in [7, 11) is 0. The number of hydrogen-bond donors (Lipinski definition) is 2. The van der Waals surface area contributed by atoms with Gasteiger partial charge in [-0.3, -0.25) is 4.79 Å². The summed E-state index contributed by atoms with van der Waals surface area (Å²) in [5.74, 6) is -1.52. The van der Waals surface area contributed by atoms with Gasteiger partial charge in [0, 0.05) is 10.9 Å². The van der Waals surface area contributed by atoms with Gasteiger partial charge in [-0.25, -0.2) is 4.79 Å². The summed E-state index contributed by atoms with van der Waals surface area (Å²) < 4.78 is 5.09. The molecule has 5 heteroatoms. The number of aromatic hydroxyl groups is 1. The molecule has 2 aromatic carbocycles. The molecular weight excluding hydrogens is 248 g/mol. The van der Waals surface area contributed by atoms with Gasteiger partial charge < -0.3 is 14.9 Å². The summed E-state index contributed by atoms with van der Waals surface area (Å²) in [4.78, 5) is 22.6. The number of esters is 1. The van der Waals surface area contributed by atoms with Gasteiger partial charge in [-0.05, 0) is 17.5 Å². The Labute approximate surface area is 108 Å². The molecule has 0 spiro atoms. The second-order valence-corrected chi connectivity index (χ2v) is 4.43. The predicted molar refractivity (Wildman–Crippen MR) is 66.0 cm³/mol. The molecule has 0 bridgehead atoms. The van der Waals surface area contributed by atoms with Crippen molar-refractivity contribution in [2.24, 2.45) is 0 Å². The minimum Gasteiger partial charge on any atom is -0.508 e. The Kier molecular flexibility index (Phi) is 2.41. The summed E-state index contributed by atoms with van der Waals surface area (Å²) in [5.41, 5.74) is 0.908. The van der Waals surface area contributed by atoms with E-state index in [2.05, 4.69) is 0 Å². The molecule has 19 heavy (non-hydrogen) atoms. The summed E-state index contributed by atoms with van der Waals surface area (Å²) in [6, 6.07) is 8.20. The first-order valence-corrected chi connectivity index (χ1v) is 5.74. The number of carboxylic acids is 1. The van der Waals surface area contributed by atoms with Gasteiger partial charge in [0.05, 0.1) is 12.0 Å². The van der Waals surface area contributed by atoms with E-state index in [4.69, 9.17) is 9.84 Å². The number of ether oxygens (including phenoxy) is 1. The zero-order valence-corrected chi connectivity index (χ0v) is 9.79. The summed E-state index contributed by atoms with van der Waals surface area (Å²) in [5, 5.41) is 19.7. The third-order valence-electron chi connectivity index (χ3n) is 3.20. The Morgan fingerprint density at radius 1 is 1.26 bits per heavy atom. The lowest BCUT2D eigenvalue weighted by Gasteiger charge is -2.07. The van der Waals surface area contributed by atoms with E-state index in [1.165, 1.54) is 12.1 Å². The van der Waals surface area contributed by atoms with E-state index in [1.807, 2.05) is 0 Å². The van der Waals surface area contributed by atoms with E-state index in [-0.39, 0.29) is 12.2 Å². The van der Waals surface area contributed by atoms with Gasteiger partial charge in [-0.2, -0.15) is 0 Å². The molecule has 1 atom stereocenters. The minimum absolute atomic E-state index is 0.0513. The molecule has 1 aliphatic heterocycles. The normalized spacial score (nSPS) is 17.3. The molecule has 0 aromatic heterocycles. The molecule has 1 unspecified atom stereocenters. The lowest BCUT2D eigenvalue weighted by molar-refractivity contribution is -0.139. The largest absolute Gasteiger partial charge is 0.508 e. The standard InChI is InChI=1S/C14H10O5/c15-8-3-1-7-2-4-9-11(6-12(16)17)19-14(18)13(9)10(7)5-8/h1-5,11,15H,6H2,(H,16,17). The number of carboxylic acid groups (broad SMARTS) is 1. The van der Waals surface area contributed by atoms with E-state index in [1.54, 1.807) is 18.2 Å². The number of hydrogen-bond acceptors (Lipinski definition) is 4. The van der Waals surface area contributed by atoms with Crippen LogP contribution < -0.4 is 0 Å². The lowest BCUT2D eigenvalue weighted by atomic mass is 9.96. The maximum absolute atomic E-state index is 11.9. The van der Waals surface area contributed by atoms with Crippen LogP contribution in [-0.2, 0) is 9.53 Å². The van der Waals surface area contributed by atoms with Crippen LogP contribution in [-0.4, -0.2) is 22.2 Å². The van der Waals surface area contributed by atoms with Gasteiger partial charge in [0.15, 0.2) is 0 Å². The number of rotatable bonds is 2. The lowest BCUT2D eigenvalue weighted by Crippen LogP contribution is -2.05. The van der Waals surface area contributed by atoms with Crippen LogP contribution in [0.4, 0.5) is 0 Å². The molecule has 5 nitrogen and oxygen atoms in total. The fraction of sp³-hybridized carbons (Fsp3) is 0.143. The van der Waals surface area contributed by atoms with E-state index < -0.39 is 18.0 Å². The average Bonchev–Trinajstić information content (AvgIpc) is 2.65. The zero-order valence-electron chi connectivity index (χ0n) is 9.79. The van der Waals surface area contributed by atoms with E-state index in [0.717, 1.165) is 5.39 Å². The number of phenolic OH excluding ortho intramolecular Hbond substituents is 1. The number of phenols is 1. The van der Waals surface area contributed by atoms with Crippen molar-refractivity contribution in [1.82, 2.24) is 0 Å². The Bertz CT molecular complexity index is 704. The maximum Gasteiger partial charge on any atom is 0.339 e. The van der Waals surface area contributed by atoms with E-state index in [0.29, 0.717) is 16.5 Å². The first kappa shape index (κ1) is 11.5. The molecule has 2 N–H and O–H groups in total. The molecule has 1 heterocycles. The average molecular weight is 258 g/mol. The highest BCUT2D eigenvalue weighted by atomic mass is 16.5. The molecule has 96 valence electrons. The fourth-order valence-corrected chi connectivity index (χ4v) is 2.38. The third-order valence-corrected chi connectivity index (χ3v) is 3.20. The van der Waals surface area contributed by atoms with Gasteiger partial charge >= 0.3 is 11.9 Å². The summed E-state index contributed by atoms with van der Waals surface area (Å²) in [6.45, 7) is 0. The van der Waals surface area contributed by atoms with Gasteiger partial charge in [-0.1, -0.05) is 18.2 Å². The molecule has 0 aliphatic carbocycles. The van der Waals surface area contributed by atoms with Crippen LogP contribution in [0, 0.1) is 0 Å². The number of carbonyl (C=O) groups is 2. The molecule has 0 radical (unpaired) electrons. The number of cyclic esters (lactones) is 1. The minimum atomic E-state index is -1.03. The van der Waals surface area contributed by atoms with Crippen molar-refractivity contribution in [3.8, 4) is 5.75 Å². The number of carbonyl (C=O) groups excluding carboxylic acids is 1. The van der Waals surface area contributed by atoms with Crippen molar-refractivity contribution in [3.05, 3.63) is 41.5 Å². The second kappa shape index (κ2) is 3.98. The molecule has 3 rings (SSSR count). The summed E-state index contributed by atoms with van der Waals surface area (Å²) in [6.07, 6.45) is -1.02. The molecule has 0 saturated heterocycles. The molecule has 0 fully saturated rings. The summed E-state index contributed by atoms with van der Waals surface area (Å²) >= 11 is 0. The monoisotopic (exact) mass is 258 g/mol. The van der Waals surface area contributed by atoms with Crippen LogP contribution in [0.15, 0.2) is 30.3 Å². The molecular formula is C14H10O5. The van der Waals surface area contributed by atoms with Gasteiger partial charge in [0.25, 0.3) is 0 Å². The van der Waals surface area contributed by atoms with Gasteiger partial charge in [0.1, 0.15) is 11.9 Å². The predicted octanol–water partition coefficient (Wildman–Crippen LogP) is 2.23. The Morgan fingerprint density at radius 2 is 2.00 bits per heavy atom. The highest BCUT2D eigenvalue weighted by Crippen LogP contribution is 2.38. The molecule has 1 aliphatic rings. The van der Waals surface area contributed by atoms with Crippen LogP contribution in [0.5, 0.6) is 5.75 Å². The smallest absolute Gasteiger partial charge is 0.339 e. The van der Waals surface area contributed by atoms with E-state index >= 15 is 0 Å². The molecule has 0 amide bonds. The fourth-order valence-electron chi connectivity index (χ4n) is 2.38. The van der Waals surface area contributed by atoms with Crippen molar-refractivity contribution in [1.29, 1.82) is 0 Å². The first-order chi connectivity index (χ1) is 9.06. The van der Waals surface area contributed by atoms with Crippen molar-refractivity contribution in [2.75, 3.05) is 0 Å². The van der Waals surface area contributed by atoms with Crippen LogP contribution in [0.3, 0.4) is 0 Å². The number of benzene rings is 2. The van der Waals surface area contributed by atoms with Crippen LogP contribution in [0.1, 0.15) is 28.4 Å². The van der Waals surface area contributed by atoms with Crippen LogP contribution in [0.25, 0.3) is 10.8 Å². The highest BCUT2D eigenvalue weighted by Gasteiger charge is 2.34. The van der Waals surface area contributed by atoms with Crippen LogP contribution in [0.2, 0.25) is 0 Å². The third kappa shape index (κ3) is 1.79. The Hall–Kier alpha value is -2.56. The first-order valence-electron chi connectivity index (χ1n) is 5.74. The number of fused-ring (bicyclic) bond motifs is 3.